The van der Waals surface area contributed by atoms with Crippen molar-refractivity contribution in [1.82, 2.24) is 0 Å². The zero-order valence-corrected chi connectivity index (χ0v) is 19.5. The van der Waals surface area contributed by atoms with Crippen molar-refractivity contribution in [3.63, 3.8) is 0 Å². The number of fused-ring (bicyclic) bond motifs is 1. The molecular formula is C26H25ClN2O4. The topological polar surface area (TPSA) is 72.7 Å². The van der Waals surface area contributed by atoms with Gasteiger partial charge in [0, 0.05) is 10.4 Å². The highest BCUT2D eigenvalue weighted by Crippen LogP contribution is 2.41. The first kappa shape index (κ1) is 22.6. The van der Waals surface area contributed by atoms with Gasteiger partial charge in [-0.15, -0.1) is 0 Å². The number of amides is 2. The van der Waals surface area contributed by atoms with Gasteiger partial charge in [-0.2, -0.15) is 0 Å². The summed E-state index contributed by atoms with van der Waals surface area (Å²) in [7, 11) is 0. The van der Waals surface area contributed by atoms with Gasteiger partial charge < -0.3 is 19.2 Å². The average molecular weight is 465 g/mol. The Kier molecular flexibility index (Phi) is 6.75. The van der Waals surface area contributed by atoms with Crippen LogP contribution in [0.3, 0.4) is 0 Å². The van der Waals surface area contributed by atoms with Crippen LogP contribution in [-0.2, 0) is 0 Å². The van der Waals surface area contributed by atoms with Crippen LogP contribution in [0.5, 0.6) is 11.5 Å². The highest BCUT2D eigenvalue weighted by atomic mass is 35.5. The number of benzene rings is 3. The Morgan fingerprint density at radius 1 is 0.939 bits per heavy atom. The molecule has 0 atom stereocenters. The summed E-state index contributed by atoms with van der Waals surface area (Å²) < 4.78 is 17.4. The van der Waals surface area contributed by atoms with Crippen LogP contribution < -0.4 is 20.1 Å². The van der Waals surface area contributed by atoms with E-state index in [0.717, 1.165) is 22.1 Å². The number of carbonyl (C=O) groups is 1. The summed E-state index contributed by atoms with van der Waals surface area (Å²) in [6.07, 6.45) is 0. The number of para-hydroxylation sites is 1. The lowest BCUT2D eigenvalue weighted by Crippen LogP contribution is -2.20. The van der Waals surface area contributed by atoms with Gasteiger partial charge in [0.1, 0.15) is 22.8 Å². The lowest BCUT2D eigenvalue weighted by Gasteiger charge is -2.16. The van der Waals surface area contributed by atoms with E-state index in [0.29, 0.717) is 46.9 Å². The van der Waals surface area contributed by atoms with Crippen molar-refractivity contribution in [2.45, 2.75) is 20.8 Å². The molecule has 6 nitrogen and oxygen atoms in total. The first-order valence-electron chi connectivity index (χ1n) is 10.8. The molecule has 0 aliphatic carbocycles. The minimum Gasteiger partial charge on any atom is -0.492 e. The zero-order valence-electron chi connectivity index (χ0n) is 18.7. The molecule has 4 rings (SSSR count). The Balaban J connectivity index is 1.73. The van der Waals surface area contributed by atoms with Crippen LogP contribution >= 0.6 is 11.6 Å². The monoisotopic (exact) mass is 464 g/mol. The van der Waals surface area contributed by atoms with Gasteiger partial charge in [-0.1, -0.05) is 41.9 Å². The first-order chi connectivity index (χ1) is 16.0. The molecule has 1 aromatic heterocycles. The van der Waals surface area contributed by atoms with Crippen LogP contribution in [0, 0.1) is 6.92 Å². The summed E-state index contributed by atoms with van der Waals surface area (Å²) in [4.78, 5) is 13.1. The van der Waals surface area contributed by atoms with Crippen LogP contribution in [0.25, 0.3) is 22.1 Å². The molecule has 0 spiro atoms. The van der Waals surface area contributed by atoms with Crippen molar-refractivity contribution in [2.75, 3.05) is 23.8 Å². The second-order valence-electron chi connectivity index (χ2n) is 7.34. The number of carbonyl (C=O) groups excluding carboxylic acids is 1. The Bertz CT molecular complexity index is 1270. The smallest absolute Gasteiger partial charge is 0.326 e. The number of anilines is 2. The predicted octanol–water partition coefficient (Wildman–Crippen LogP) is 7.50. The number of furan rings is 1. The number of rotatable bonds is 7. The number of hydrogen-bond acceptors (Lipinski definition) is 4. The highest BCUT2D eigenvalue weighted by molar-refractivity contribution is 6.31. The third-order valence-electron chi connectivity index (χ3n) is 5.12. The van der Waals surface area contributed by atoms with E-state index in [2.05, 4.69) is 10.6 Å². The first-order valence-corrected chi connectivity index (χ1v) is 11.1. The molecule has 0 saturated carbocycles. The van der Waals surface area contributed by atoms with Crippen LogP contribution in [0.2, 0.25) is 5.02 Å². The predicted molar refractivity (Wildman–Crippen MR) is 133 cm³/mol. The Hall–Kier alpha value is -3.64. The van der Waals surface area contributed by atoms with Crippen LogP contribution in [0.15, 0.2) is 65.1 Å². The molecular weight excluding hydrogens is 440 g/mol. The maximum absolute atomic E-state index is 13.1. The third-order valence-corrected chi connectivity index (χ3v) is 5.35. The molecule has 0 aliphatic rings. The molecule has 0 unspecified atom stereocenters. The lowest BCUT2D eigenvalue weighted by atomic mass is 9.99. The van der Waals surface area contributed by atoms with E-state index >= 15 is 0 Å². The van der Waals surface area contributed by atoms with E-state index in [-0.39, 0.29) is 0 Å². The van der Waals surface area contributed by atoms with Gasteiger partial charge in [0.05, 0.1) is 18.8 Å². The fourth-order valence-electron chi connectivity index (χ4n) is 3.71. The van der Waals surface area contributed by atoms with Gasteiger partial charge in [-0.25, -0.2) is 4.79 Å². The van der Waals surface area contributed by atoms with E-state index in [1.54, 1.807) is 24.3 Å². The molecule has 0 fully saturated rings. The molecule has 2 amide bonds. The van der Waals surface area contributed by atoms with E-state index in [4.69, 9.17) is 25.5 Å². The van der Waals surface area contributed by atoms with Gasteiger partial charge in [0.25, 0.3) is 0 Å². The summed E-state index contributed by atoms with van der Waals surface area (Å²) in [5, 5.41) is 7.12. The normalized spacial score (nSPS) is 10.8. The number of aryl methyl sites for hydroxylation is 1. The molecule has 7 heteroatoms. The maximum atomic E-state index is 13.1. The molecule has 2 N–H and O–H groups in total. The summed E-state index contributed by atoms with van der Waals surface area (Å²) in [6, 6.07) is 18.2. The van der Waals surface area contributed by atoms with Crippen LogP contribution in [-0.4, -0.2) is 19.2 Å². The molecule has 0 bridgehead atoms. The maximum Gasteiger partial charge on any atom is 0.326 e. The number of ether oxygens (including phenoxy) is 2. The second kappa shape index (κ2) is 9.88. The summed E-state index contributed by atoms with van der Waals surface area (Å²) >= 11 is 6.27. The van der Waals surface area contributed by atoms with Crippen LogP contribution in [0.1, 0.15) is 19.4 Å². The SMILES string of the molecule is CCOc1cccc(OCC)c1NC(=O)Nc1oc2ccc(Cl)cc2c1-c1ccccc1C. The van der Waals surface area contributed by atoms with Gasteiger partial charge in [0.2, 0.25) is 5.88 Å². The Labute approximate surface area is 197 Å². The fraction of sp³-hybridized carbons (Fsp3) is 0.192. The minimum atomic E-state index is -0.483. The van der Waals surface area contributed by atoms with Gasteiger partial charge in [0.15, 0.2) is 0 Å². The highest BCUT2D eigenvalue weighted by Gasteiger charge is 2.21. The minimum absolute atomic E-state index is 0.325. The average Bonchev–Trinajstić information content (AvgIpc) is 3.13. The number of nitrogens with one attached hydrogen (secondary N) is 2. The van der Waals surface area contributed by atoms with Crippen molar-refractivity contribution in [3.05, 3.63) is 71.2 Å². The quantitative estimate of drug-likeness (QED) is 0.297. The van der Waals surface area contributed by atoms with E-state index in [1.807, 2.05) is 57.2 Å². The number of halogens is 1. The zero-order chi connectivity index (χ0) is 23.4. The summed E-state index contributed by atoms with van der Waals surface area (Å²) in [5.41, 5.74) is 3.83. The molecule has 4 aromatic rings. The molecule has 0 aliphatic heterocycles. The largest absolute Gasteiger partial charge is 0.492 e. The molecule has 0 saturated heterocycles. The van der Waals surface area contributed by atoms with Crippen molar-refractivity contribution in [3.8, 4) is 22.6 Å². The van der Waals surface area contributed by atoms with Gasteiger partial charge in [-0.3, -0.25) is 5.32 Å². The molecule has 170 valence electrons. The molecule has 3 aromatic carbocycles. The van der Waals surface area contributed by atoms with Crippen molar-refractivity contribution in [1.29, 1.82) is 0 Å². The lowest BCUT2D eigenvalue weighted by molar-refractivity contribution is 0.261. The van der Waals surface area contributed by atoms with Gasteiger partial charge in [-0.05, 0) is 62.2 Å². The Morgan fingerprint density at radius 3 is 2.30 bits per heavy atom. The fourth-order valence-corrected chi connectivity index (χ4v) is 3.88. The van der Waals surface area contributed by atoms with Crippen LogP contribution in [0.4, 0.5) is 16.4 Å². The number of hydrogen-bond donors (Lipinski definition) is 2. The second-order valence-corrected chi connectivity index (χ2v) is 7.77. The van der Waals surface area contributed by atoms with E-state index in [9.17, 15) is 4.79 Å². The van der Waals surface area contributed by atoms with E-state index < -0.39 is 6.03 Å². The van der Waals surface area contributed by atoms with Crippen molar-refractivity contribution in [2.24, 2.45) is 0 Å². The van der Waals surface area contributed by atoms with Gasteiger partial charge >= 0.3 is 6.03 Å². The standard InChI is InChI=1S/C26H25ClN2O4/c1-4-31-21-11-8-12-22(32-5-2)24(21)28-26(30)29-25-23(18-10-7-6-9-16(18)3)19-15-17(27)13-14-20(19)33-25/h6-15H,4-5H2,1-3H3,(H2,28,29,30). The molecule has 1 heterocycles. The van der Waals surface area contributed by atoms with Crippen molar-refractivity contribution < 1.29 is 18.7 Å². The molecule has 0 radical (unpaired) electrons. The Morgan fingerprint density at radius 2 is 1.64 bits per heavy atom. The summed E-state index contributed by atoms with van der Waals surface area (Å²) in [5.74, 6) is 1.37. The number of urea groups is 1. The third kappa shape index (κ3) is 4.76. The van der Waals surface area contributed by atoms with Crippen molar-refractivity contribution >= 4 is 40.2 Å². The summed E-state index contributed by atoms with van der Waals surface area (Å²) in [6.45, 7) is 6.67. The molecule has 33 heavy (non-hydrogen) atoms. The van der Waals surface area contributed by atoms with E-state index in [1.165, 1.54) is 0 Å².